The highest BCUT2D eigenvalue weighted by molar-refractivity contribution is 5.84. The lowest BCUT2D eigenvalue weighted by atomic mass is 10.1. The van der Waals surface area contributed by atoms with Gasteiger partial charge in [0.15, 0.2) is 17.3 Å². The number of phenolic OH excluding ortho intramolecular Hbond substituents is 2. The zero-order valence-corrected chi connectivity index (χ0v) is 16.8. The summed E-state index contributed by atoms with van der Waals surface area (Å²) in [6, 6.07) is 16.3. The molecule has 8 nitrogen and oxygen atoms in total. The van der Waals surface area contributed by atoms with Crippen LogP contribution in [0, 0.1) is 0 Å². The number of rotatable bonds is 5. The van der Waals surface area contributed by atoms with Crippen molar-refractivity contribution in [3.8, 4) is 34.4 Å². The van der Waals surface area contributed by atoms with Crippen molar-refractivity contribution in [3.63, 3.8) is 0 Å². The van der Waals surface area contributed by atoms with E-state index in [2.05, 4.69) is 10.1 Å². The van der Waals surface area contributed by atoms with Gasteiger partial charge >= 0.3 is 0 Å². The lowest BCUT2D eigenvalue weighted by Crippen LogP contribution is -2.20. The van der Waals surface area contributed by atoms with Crippen molar-refractivity contribution in [2.24, 2.45) is 5.10 Å². The minimum absolute atomic E-state index is 0.0785. The fourth-order valence-electron chi connectivity index (χ4n) is 3.15. The lowest BCUT2D eigenvalue weighted by Gasteiger charge is -2.12. The van der Waals surface area contributed by atoms with Crippen LogP contribution >= 0.6 is 0 Å². The van der Waals surface area contributed by atoms with Gasteiger partial charge in [0.05, 0.1) is 31.3 Å². The van der Waals surface area contributed by atoms with Crippen LogP contribution in [-0.4, -0.2) is 40.3 Å². The number of phenols is 2. The van der Waals surface area contributed by atoms with Crippen molar-refractivity contribution in [2.45, 2.75) is 0 Å². The van der Waals surface area contributed by atoms with Gasteiger partial charge in [0, 0.05) is 17.2 Å². The maximum Gasteiger partial charge on any atom is 0.282 e. The fraction of sp³-hybridized carbons (Fsp3) is 0.0870. The predicted molar refractivity (Wildman–Crippen MR) is 117 cm³/mol. The second kappa shape index (κ2) is 8.19. The van der Waals surface area contributed by atoms with Crippen molar-refractivity contribution in [2.75, 3.05) is 14.2 Å². The van der Waals surface area contributed by atoms with E-state index in [-0.39, 0.29) is 17.1 Å². The Balaban J connectivity index is 1.94. The van der Waals surface area contributed by atoms with E-state index in [1.807, 2.05) is 0 Å². The van der Waals surface area contributed by atoms with E-state index in [1.54, 1.807) is 42.5 Å². The molecule has 0 aliphatic rings. The number of para-hydroxylation sites is 1. The van der Waals surface area contributed by atoms with Gasteiger partial charge in [0.25, 0.3) is 5.56 Å². The van der Waals surface area contributed by atoms with Gasteiger partial charge in [0.1, 0.15) is 11.5 Å². The highest BCUT2D eigenvalue weighted by atomic mass is 16.5. The van der Waals surface area contributed by atoms with Crippen LogP contribution in [0.15, 0.2) is 70.6 Å². The molecule has 1 aromatic heterocycles. The van der Waals surface area contributed by atoms with Gasteiger partial charge in [-0.05, 0) is 42.5 Å². The molecule has 0 bridgehead atoms. The molecule has 4 rings (SSSR count). The zero-order valence-electron chi connectivity index (χ0n) is 16.8. The molecule has 0 saturated heterocycles. The Morgan fingerprint density at radius 2 is 1.74 bits per heavy atom. The molecule has 0 fully saturated rings. The molecule has 0 spiro atoms. The first kappa shape index (κ1) is 20.0. The third kappa shape index (κ3) is 3.78. The van der Waals surface area contributed by atoms with Gasteiger partial charge in [-0.2, -0.15) is 9.78 Å². The average molecular weight is 417 g/mol. The molecule has 0 saturated carbocycles. The van der Waals surface area contributed by atoms with E-state index < -0.39 is 0 Å². The van der Waals surface area contributed by atoms with Gasteiger partial charge < -0.3 is 19.7 Å². The summed E-state index contributed by atoms with van der Waals surface area (Å²) in [6.07, 6.45) is 1.33. The quantitative estimate of drug-likeness (QED) is 0.482. The Morgan fingerprint density at radius 1 is 0.968 bits per heavy atom. The number of benzene rings is 3. The van der Waals surface area contributed by atoms with Crippen LogP contribution in [0.2, 0.25) is 0 Å². The highest BCUT2D eigenvalue weighted by Crippen LogP contribution is 2.32. The van der Waals surface area contributed by atoms with E-state index in [4.69, 9.17) is 9.47 Å². The maximum absolute atomic E-state index is 13.2. The highest BCUT2D eigenvalue weighted by Gasteiger charge is 2.15. The van der Waals surface area contributed by atoms with E-state index in [9.17, 15) is 15.0 Å². The standard InChI is InChI=1S/C23H19N3O5/c1-30-20-10-8-14(11-21(20)31-2)22-25-18-6-4-3-5-17(18)23(29)26(22)24-13-15-7-9-16(27)12-19(15)28/h3-13,27-28H,1-2H3. The summed E-state index contributed by atoms with van der Waals surface area (Å²) in [5.74, 6) is 1.06. The molecule has 1 heterocycles. The zero-order chi connectivity index (χ0) is 22.0. The number of hydrogen-bond donors (Lipinski definition) is 2. The number of nitrogens with zero attached hydrogens (tertiary/aromatic N) is 3. The molecule has 3 aromatic carbocycles. The van der Waals surface area contributed by atoms with Gasteiger partial charge in [-0.15, -0.1) is 0 Å². The van der Waals surface area contributed by atoms with E-state index in [0.717, 1.165) is 4.68 Å². The van der Waals surface area contributed by atoms with Crippen LogP contribution in [0.4, 0.5) is 0 Å². The normalized spacial score (nSPS) is 11.2. The minimum atomic E-state index is -0.370. The van der Waals surface area contributed by atoms with Crippen LogP contribution < -0.4 is 15.0 Å². The lowest BCUT2D eigenvalue weighted by molar-refractivity contribution is 0.355. The molecule has 2 N–H and O–H groups in total. The summed E-state index contributed by atoms with van der Waals surface area (Å²) in [5.41, 5.74) is 1.07. The molecule has 4 aromatic rings. The first-order valence-electron chi connectivity index (χ1n) is 9.32. The fourth-order valence-corrected chi connectivity index (χ4v) is 3.15. The van der Waals surface area contributed by atoms with Crippen LogP contribution in [0.25, 0.3) is 22.3 Å². The Bertz CT molecular complexity index is 1360. The van der Waals surface area contributed by atoms with Crippen molar-refractivity contribution in [1.82, 2.24) is 9.66 Å². The average Bonchev–Trinajstić information content (AvgIpc) is 2.79. The number of methoxy groups -OCH3 is 2. The molecule has 0 amide bonds. The summed E-state index contributed by atoms with van der Waals surface area (Å²) in [6.45, 7) is 0. The summed E-state index contributed by atoms with van der Waals surface area (Å²) >= 11 is 0. The summed E-state index contributed by atoms with van der Waals surface area (Å²) < 4.78 is 11.8. The van der Waals surface area contributed by atoms with Crippen LogP contribution in [0.5, 0.6) is 23.0 Å². The molecule has 0 radical (unpaired) electrons. The second-order valence-corrected chi connectivity index (χ2v) is 6.63. The van der Waals surface area contributed by atoms with Crippen LogP contribution in [0.1, 0.15) is 5.56 Å². The maximum atomic E-state index is 13.2. The van der Waals surface area contributed by atoms with Crippen LogP contribution in [0.3, 0.4) is 0 Å². The van der Waals surface area contributed by atoms with Gasteiger partial charge in [-0.25, -0.2) is 4.98 Å². The number of aromatic nitrogens is 2. The van der Waals surface area contributed by atoms with Gasteiger partial charge in [-0.3, -0.25) is 4.79 Å². The van der Waals surface area contributed by atoms with Crippen molar-refractivity contribution < 1.29 is 19.7 Å². The van der Waals surface area contributed by atoms with E-state index in [1.165, 1.54) is 38.6 Å². The number of aromatic hydroxyl groups is 2. The number of fused-ring (bicyclic) bond motifs is 1. The smallest absolute Gasteiger partial charge is 0.282 e. The molecule has 156 valence electrons. The third-order valence-electron chi connectivity index (χ3n) is 4.72. The molecular formula is C23H19N3O5. The monoisotopic (exact) mass is 417 g/mol. The molecular weight excluding hydrogens is 398 g/mol. The molecule has 31 heavy (non-hydrogen) atoms. The first-order valence-corrected chi connectivity index (χ1v) is 9.32. The first-order chi connectivity index (χ1) is 15.0. The Hall–Kier alpha value is -4.33. The molecule has 0 unspecified atom stereocenters. The Morgan fingerprint density at radius 3 is 2.48 bits per heavy atom. The predicted octanol–water partition coefficient (Wildman–Crippen LogP) is 3.37. The topological polar surface area (TPSA) is 106 Å². The number of ether oxygens (including phenoxy) is 2. The third-order valence-corrected chi connectivity index (χ3v) is 4.72. The van der Waals surface area contributed by atoms with Crippen molar-refractivity contribution >= 4 is 17.1 Å². The largest absolute Gasteiger partial charge is 0.508 e. The summed E-state index contributed by atoms with van der Waals surface area (Å²) in [4.78, 5) is 17.8. The van der Waals surface area contributed by atoms with Crippen molar-refractivity contribution in [3.05, 3.63) is 76.6 Å². The Kier molecular flexibility index (Phi) is 5.28. The Labute approximate surface area is 177 Å². The van der Waals surface area contributed by atoms with Gasteiger partial charge in [-0.1, -0.05) is 12.1 Å². The SMILES string of the molecule is COc1ccc(-c2nc3ccccc3c(=O)n2N=Cc2ccc(O)cc2O)cc1OC. The van der Waals surface area contributed by atoms with E-state index >= 15 is 0 Å². The molecule has 0 atom stereocenters. The van der Waals surface area contributed by atoms with Crippen molar-refractivity contribution in [1.29, 1.82) is 0 Å². The summed E-state index contributed by atoms with van der Waals surface area (Å²) in [5, 5.41) is 24.2. The molecule has 0 aliphatic carbocycles. The van der Waals surface area contributed by atoms with Gasteiger partial charge in [0.2, 0.25) is 0 Å². The number of hydrogen-bond acceptors (Lipinski definition) is 7. The minimum Gasteiger partial charge on any atom is -0.508 e. The second-order valence-electron chi connectivity index (χ2n) is 6.63. The summed E-state index contributed by atoms with van der Waals surface area (Å²) in [7, 11) is 3.06. The molecule has 8 heteroatoms. The van der Waals surface area contributed by atoms with Crippen LogP contribution in [-0.2, 0) is 0 Å². The van der Waals surface area contributed by atoms with E-state index in [0.29, 0.717) is 39.4 Å². The molecule has 0 aliphatic heterocycles.